The van der Waals surface area contributed by atoms with Crippen molar-refractivity contribution in [3.05, 3.63) is 12.3 Å². The molecule has 0 aromatic heterocycles. The molecule has 0 aromatic carbocycles. The van der Waals surface area contributed by atoms with E-state index in [4.69, 9.17) is 5.73 Å². The summed E-state index contributed by atoms with van der Waals surface area (Å²) >= 11 is 0. The highest BCUT2D eigenvalue weighted by molar-refractivity contribution is 5.92. The summed E-state index contributed by atoms with van der Waals surface area (Å²) in [6, 6.07) is 0. The van der Waals surface area contributed by atoms with Crippen LogP contribution in [0.3, 0.4) is 0 Å². The Morgan fingerprint density at radius 1 is 1.40 bits per heavy atom. The van der Waals surface area contributed by atoms with E-state index in [-0.39, 0.29) is 18.0 Å². The van der Waals surface area contributed by atoms with Crippen LogP contribution in [0.2, 0.25) is 0 Å². The van der Waals surface area contributed by atoms with Crippen molar-refractivity contribution in [3.63, 3.8) is 0 Å². The molecular formula is C7H11NO2. The van der Waals surface area contributed by atoms with Gasteiger partial charge in [0.1, 0.15) is 5.78 Å². The zero-order valence-corrected chi connectivity index (χ0v) is 5.96. The molecule has 3 heteroatoms. The van der Waals surface area contributed by atoms with Crippen molar-refractivity contribution in [2.24, 2.45) is 5.73 Å². The fourth-order valence-electron chi connectivity index (χ4n) is 0.490. The minimum atomic E-state index is -0.0994. The molecule has 0 aromatic rings. The highest BCUT2D eigenvalue weighted by Gasteiger charge is 1.98. The number of carbonyl (C=O) groups is 2. The van der Waals surface area contributed by atoms with Gasteiger partial charge in [-0.2, -0.15) is 0 Å². The van der Waals surface area contributed by atoms with Crippen LogP contribution in [0, 0.1) is 0 Å². The van der Waals surface area contributed by atoms with E-state index >= 15 is 0 Å². The predicted molar refractivity (Wildman–Crippen MR) is 38.2 cm³/mol. The third-order valence-electron chi connectivity index (χ3n) is 1.01. The molecule has 3 nitrogen and oxygen atoms in total. The van der Waals surface area contributed by atoms with Crippen molar-refractivity contribution < 1.29 is 9.59 Å². The summed E-state index contributed by atoms with van der Waals surface area (Å²) in [4.78, 5) is 21.0. The van der Waals surface area contributed by atoms with Gasteiger partial charge in [-0.05, 0) is 19.2 Å². The van der Waals surface area contributed by atoms with Crippen LogP contribution < -0.4 is 5.73 Å². The maximum Gasteiger partial charge on any atom is 0.157 e. The van der Waals surface area contributed by atoms with Gasteiger partial charge in [-0.25, -0.2) is 0 Å². The molecule has 0 bridgehead atoms. The summed E-state index contributed by atoms with van der Waals surface area (Å²) in [7, 11) is 0. The van der Waals surface area contributed by atoms with Gasteiger partial charge in [-0.3, -0.25) is 4.79 Å². The van der Waals surface area contributed by atoms with Gasteiger partial charge in [0.25, 0.3) is 0 Å². The van der Waals surface area contributed by atoms with Gasteiger partial charge in [-0.15, -0.1) is 0 Å². The van der Waals surface area contributed by atoms with E-state index in [1.54, 1.807) is 0 Å². The Morgan fingerprint density at radius 3 is 2.40 bits per heavy atom. The summed E-state index contributed by atoms with van der Waals surface area (Å²) < 4.78 is 0. The van der Waals surface area contributed by atoms with Crippen LogP contribution in [0.1, 0.15) is 19.8 Å². The summed E-state index contributed by atoms with van der Waals surface area (Å²) in [5, 5.41) is 0. The van der Waals surface area contributed by atoms with E-state index in [0.717, 1.165) is 0 Å². The molecule has 0 atom stereocenters. The topological polar surface area (TPSA) is 60.2 Å². The van der Waals surface area contributed by atoms with Gasteiger partial charge >= 0.3 is 0 Å². The van der Waals surface area contributed by atoms with E-state index < -0.39 is 0 Å². The molecule has 0 saturated heterocycles. The third kappa shape index (κ3) is 5.03. The van der Waals surface area contributed by atoms with E-state index in [9.17, 15) is 9.59 Å². The maximum absolute atomic E-state index is 10.6. The summed E-state index contributed by atoms with van der Waals surface area (Å²) in [6.07, 6.45) is 3.03. The summed E-state index contributed by atoms with van der Waals surface area (Å²) in [6.45, 7) is 1.46. The first-order chi connectivity index (χ1) is 4.66. The lowest BCUT2D eigenvalue weighted by Crippen LogP contribution is -1.98. The smallest absolute Gasteiger partial charge is 0.157 e. The molecule has 0 aliphatic carbocycles. The second-order valence-electron chi connectivity index (χ2n) is 2.03. The number of hydrogen-bond donors (Lipinski definition) is 1. The maximum atomic E-state index is 10.6. The Labute approximate surface area is 59.9 Å². The standard InChI is InChI=1S/C7H11NO2/c1-6(9)2-3-7(10)4-5-8/h4-5H,2-3,8H2,1H3/b5-4+. The first-order valence-electron chi connectivity index (χ1n) is 3.07. The Kier molecular flexibility index (Phi) is 4.20. The quantitative estimate of drug-likeness (QED) is 0.576. The van der Waals surface area contributed by atoms with E-state index in [0.29, 0.717) is 6.42 Å². The lowest BCUT2D eigenvalue weighted by Gasteiger charge is -1.89. The normalized spacial score (nSPS) is 10.1. The molecule has 0 fully saturated rings. The Bertz CT molecular complexity index is 161. The van der Waals surface area contributed by atoms with Crippen LogP contribution >= 0.6 is 0 Å². The molecule has 0 spiro atoms. The SMILES string of the molecule is CC(=O)CCC(=O)/C=C/N. The number of allylic oxidation sites excluding steroid dienone is 1. The molecule has 0 aliphatic rings. The van der Waals surface area contributed by atoms with Crippen molar-refractivity contribution in [1.82, 2.24) is 0 Å². The average molecular weight is 141 g/mol. The van der Waals surface area contributed by atoms with Crippen molar-refractivity contribution in [2.45, 2.75) is 19.8 Å². The van der Waals surface area contributed by atoms with Crippen LogP contribution in [0.4, 0.5) is 0 Å². The zero-order chi connectivity index (χ0) is 7.98. The number of hydrogen-bond acceptors (Lipinski definition) is 3. The lowest BCUT2D eigenvalue weighted by atomic mass is 10.2. The molecule has 0 amide bonds. The number of Topliss-reactive ketones (excluding diaryl/α,β-unsaturated/α-hetero) is 1. The van der Waals surface area contributed by atoms with Gasteiger partial charge in [0.15, 0.2) is 5.78 Å². The van der Waals surface area contributed by atoms with Crippen LogP contribution in [0.15, 0.2) is 12.3 Å². The average Bonchev–Trinajstić information content (AvgIpc) is 1.85. The molecule has 0 heterocycles. The number of ketones is 2. The first-order valence-corrected chi connectivity index (χ1v) is 3.07. The molecule has 2 N–H and O–H groups in total. The van der Waals surface area contributed by atoms with Gasteiger partial charge in [0.05, 0.1) is 0 Å². The largest absolute Gasteiger partial charge is 0.404 e. The van der Waals surface area contributed by atoms with Gasteiger partial charge in [-0.1, -0.05) is 0 Å². The fraction of sp³-hybridized carbons (Fsp3) is 0.429. The van der Waals surface area contributed by atoms with E-state index in [2.05, 4.69) is 0 Å². The second-order valence-corrected chi connectivity index (χ2v) is 2.03. The van der Waals surface area contributed by atoms with Crippen LogP contribution in [0.5, 0.6) is 0 Å². The predicted octanol–water partition coefficient (Wildman–Crippen LogP) is 0.397. The molecule has 10 heavy (non-hydrogen) atoms. The summed E-state index contributed by atoms with van der Waals surface area (Å²) in [5.41, 5.74) is 4.95. The Hall–Kier alpha value is -1.12. The highest BCUT2D eigenvalue weighted by Crippen LogP contribution is 1.92. The molecular weight excluding hydrogens is 130 g/mol. The van der Waals surface area contributed by atoms with Crippen molar-refractivity contribution >= 4 is 11.6 Å². The minimum Gasteiger partial charge on any atom is -0.404 e. The van der Waals surface area contributed by atoms with Gasteiger partial charge < -0.3 is 10.5 Å². The monoisotopic (exact) mass is 141 g/mol. The van der Waals surface area contributed by atoms with Crippen LogP contribution in [-0.2, 0) is 9.59 Å². The number of nitrogens with two attached hydrogens (primary N) is 1. The molecule has 56 valence electrons. The molecule has 0 aliphatic heterocycles. The molecule has 0 radical (unpaired) electrons. The fourth-order valence-corrected chi connectivity index (χ4v) is 0.490. The Morgan fingerprint density at radius 2 is 2.00 bits per heavy atom. The van der Waals surface area contributed by atoms with Crippen molar-refractivity contribution in [2.75, 3.05) is 0 Å². The molecule has 0 saturated carbocycles. The lowest BCUT2D eigenvalue weighted by molar-refractivity contribution is -0.120. The van der Waals surface area contributed by atoms with Crippen molar-refractivity contribution in [1.29, 1.82) is 0 Å². The summed E-state index contributed by atoms with van der Waals surface area (Å²) in [5.74, 6) is -0.0727. The van der Waals surface area contributed by atoms with Gasteiger partial charge in [0, 0.05) is 12.8 Å². The minimum absolute atomic E-state index is 0.0266. The van der Waals surface area contributed by atoms with Crippen LogP contribution in [-0.4, -0.2) is 11.6 Å². The third-order valence-corrected chi connectivity index (χ3v) is 1.01. The zero-order valence-electron chi connectivity index (χ0n) is 5.96. The van der Waals surface area contributed by atoms with Crippen LogP contribution in [0.25, 0.3) is 0 Å². The first kappa shape index (κ1) is 8.88. The Balaban J connectivity index is 3.50. The highest BCUT2D eigenvalue weighted by atomic mass is 16.1. The molecule has 0 unspecified atom stereocenters. The number of rotatable bonds is 4. The van der Waals surface area contributed by atoms with Gasteiger partial charge in [0.2, 0.25) is 0 Å². The van der Waals surface area contributed by atoms with Crippen molar-refractivity contribution in [3.8, 4) is 0 Å². The van der Waals surface area contributed by atoms with E-state index in [1.165, 1.54) is 19.2 Å². The van der Waals surface area contributed by atoms with E-state index in [1.807, 2.05) is 0 Å². The molecule has 0 rings (SSSR count). The number of carbonyl (C=O) groups excluding carboxylic acids is 2. The second kappa shape index (κ2) is 4.73.